The summed E-state index contributed by atoms with van der Waals surface area (Å²) in [5.41, 5.74) is 1.00. The molecule has 0 N–H and O–H groups in total. The fourth-order valence-corrected chi connectivity index (χ4v) is 1.55. The number of carbonyl (C=O) groups is 1. The summed E-state index contributed by atoms with van der Waals surface area (Å²) < 4.78 is 5.21. The first-order valence-electron chi connectivity index (χ1n) is 5.90. The summed E-state index contributed by atoms with van der Waals surface area (Å²) in [6, 6.07) is 3.70. The lowest BCUT2D eigenvalue weighted by Crippen LogP contribution is -2.43. The number of pyridine rings is 1. The van der Waals surface area contributed by atoms with Gasteiger partial charge in [-0.2, -0.15) is 0 Å². The zero-order valence-electron chi connectivity index (χ0n) is 10.6. The molecule has 2 heterocycles. The second-order valence-electron chi connectivity index (χ2n) is 5.34. The molecule has 0 spiro atoms. The highest BCUT2D eigenvalue weighted by Gasteiger charge is 2.22. The molecule has 92 valence electrons. The van der Waals surface area contributed by atoms with Crippen molar-refractivity contribution in [2.75, 3.05) is 13.1 Å². The number of rotatable bonds is 1. The van der Waals surface area contributed by atoms with E-state index < -0.39 is 0 Å². The molecule has 4 nitrogen and oxygen atoms in total. The van der Waals surface area contributed by atoms with E-state index in [1.165, 1.54) is 0 Å². The summed E-state index contributed by atoms with van der Waals surface area (Å²) in [6.07, 6.45) is 2.40. The van der Waals surface area contributed by atoms with E-state index in [1.54, 1.807) is 17.2 Å². The van der Waals surface area contributed by atoms with Gasteiger partial charge in [-0.25, -0.2) is 4.79 Å². The molecule has 0 aliphatic carbocycles. The maximum absolute atomic E-state index is 11.6. The van der Waals surface area contributed by atoms with Gasteiger partial charge in [0.15, 0.2) is 5.75 Å². The Morgan fingerprint density at radius 1 is 1.35 bits per heavy atom. The summed E-state index contributed by atoms with van der Waals surface area (Å²) in [7, 11) is 0. The first-order valence-corrected chi connectivity index (χ1v) is 5.90. The van der Waals surface area contributed by atoms with Crippen LogP contribution in [-0.4, -0.2) is 29.1 Å². The summed E-state index contributed by atoms with van der Waals surface area (Å²) in [5.74, 6) is 0.509. The number of hydrogen-bond donors (Lipinski definition) is 0. The van der Waals surface area contributed by atoms with Crippen LogP contribution in [0.5, 0.6) is 5.75 Å². The van der Waals surface area contributed by atoms with E-state index in [0.717, 1.165) is 25.2 Å². The normalized spacial score (nSPS) is 15.4. The molecule has 2 rings (SSSR count). The molecule has 0 unspecified atom stereocenters. The number of ether oxygens (including phenoxy) is 1. The lowest BCUT2D eigenvalue weighted by molar-refractivity contribution is 0.125. The van der Waals surface area contributed by atoms with Gasteiger partial charge < -0.3 is 9.64 Å². The molecule has 17 heavy (non-hydrogen) atoms. The van der Waals surface area contributed by atoms with Crippen LogP contribution in [0, 0.1) is 0 Å². The molecule has 1 saturated heterocycles. The van der Waals surface area contributed by atoms with Crippen molar-refractivity contribution in [3.8, 4) is 5.75 Å². The molecule has 1 aliphatic heterocycles. The molecule has 0 aromatic carbocycles. The summed E-state index contributed by atoms with van der Waals surface area (Å²) >= 11 is 0. The molecule has 0 saturated carbocycles. The van der Waals surface area contributed by atoms with E-state index in [4.69, 9.17) is 4.74 Å². The Balaban J connectivity index is 2.00. The third-order valence-electron chi connectivity index (χ3n) is 2.82. The van der Waals surface area contributed by atoms with Gasteiger partial charge in [0.25, 0.3) is 0 Å². The van der Waals surface area contributed by atoms with E-state index in [0.29, 0.717) is 5.75 Å². The predicted octanol–water partition coefficient (Wildman–Crippen LogP) is 2.58. The molecular weight excluding hydrogens is 216 g/mol. The van der Waals surface area contributed by atoms with Gasteiger partial charge in [0.1, 0.15) is 0 Å². The molecule has 1 aromatic heterocycles. The lowest BCUT2D eigenvalue weighted by atomic mass is 9.92. The van der Waals surface area contributed by atoms with Gasteiger partial charge in [0.05, 0.1) is 6.20 Å². The number of carbonyl (C=O) groups excluding carboxylic acids is 1. The number of likely N-dealkylation sites (tertiary alicyclic amines) is 1. The van der Waals surface area contributed by atoms with Gasteiger partial charge >= 0.3 is 6.09 Å². The molecular formula is C13H18N2O2. The van der Waals surface area contributed by atoms with Crippen LogP contribution in [0.2, 0.25) is 0 Å². The van der Waals surface area contributed by atoms with Crippen LogP contribution in [0.1, 0.15) is 32.9 Å². The van der Waals surface area contributed by atoms with E-state index >= 15 is 0 Å². The van der Waals surface area contributed by atoms with Gasteiger partial charge in [-0.05, 0) is 18.6 Å². The Morgan fingerprint density at radius 2 is 2.06 bits per heavy atom. The second-order valence-corrected chi connectivity index (χ2v) is 5.34. The van der Waals surface area contributed by atoms with E-state index in [1.807, 2.05) is 6.07 Å². The SMILES string of the molecule is CC(C)(C)c1ccc(OC(=O)N2CCC2)cn1. The third-order valence-corrected chi connectivity index (χ3v) is 2.82. The van der Waals surface area contributed by atoms with Gasteiger partial charge in [0, 0.05) is 24.2 Å². The maximum atomic E-state index is 11.6. The van der Waals surface area contributed by atoms with Crippen molar-refractivity contribution in [2.24, 2.45) is 0 Å². The van der Waals surface area contributed by atoms with Gasteiger partial charge in [-0.3, -0.25) is 4.98 Å². The summed E-state index contributed by atoms with van der Waals surface area (Å²) in [6.45, 7) is 7.89. The van der Waals surface area contributed by atoms with E-state index in [2.05, 4.69) is 25.8 Å². The average molecular weight is 234 g/mol. The fourth-order valence-electron chi connectivity index (χ4n) is 1.55. The maximum Gasteiger partial charge on any atom is 0.415 e. The topological polar surface area (TPSA) is 42.4 Å². The quantitative estimate of drug-likeness (QED) is 0.750. The van der Waals surface area contributed by atoms with Crippen LogP contribution in [0.15, 0.2) is 18.3 Å². The molecule has 1 aromatic rings. The standard InChI is InChI=1S/C13H18N2O2/c1-13(2,3)11-6-5-10(9-14-11)17-12(16)15-7-4-8-15/h5-6,9H,4,7-8H2,1-3H3. The van der Waals surface area contributed by atoms with Gasteiger partial charge in [0.2, 0.25) is 0 Å². The molecule has 1 fully saturated rings. The predicted molar refractivity (Wildman–Crippen MR) is 65.2 cm³/mol. The van der Waals surface area contributed by atoms with Gasteiger partial charge in [-0.15, -0.1) is 0 Å². The minimum absolute atomic E-state index is 0.0139. The molecule has 1 amide bonds. The number of hydrogen-bond acceptors (Lipinski definition) is 3. The van der Waals surface area contributed by atoms with E-state index in [9.17, 15) is 4.79 Å². The second kappa shape index (κ2) is 4.35. The lowest BCUT2D eigenvalue weighted by Gasteiger charge is -2.29. The zero-order valence-corrected chi connectivity index (χ0v) is 10.6. The summed E-state index contributed by atoms with van der Waals surface area (Å²) in [5, 5.41) is 0. The molecule has 0 atom stereocenters. The Kier molecular flexibility index (Phi) is 3.05. The first kappa shape index (κ1) is 11.9. The first-order chi connectivity index (χ1) is 7.97. The highest BCUT2D eigenvalue weighted by atomic mass is 16.6. The van der Waals surface area contributed by atoms with Crippen LogP contribution in [0.4, 0.5) is 4.79 Å². The van der Waals surface area contributed by atoms with Crippen LogP contribution < -0.4 is 4.74 Å². The van der Waals surface area contributed by atoms with Crippen LogP contribution >= 0.6 is 0 Å². The third kappa shape index (κ3) is 2.75. The van der Waals surface area contributed by atoms with Crippen molar-refractivity contribution >= 4 is 6.09 Å². The van der Waals surface area contributed by atoms with Crippen molar-refractivity contribution < 1.29 is 9.53 Å². The minimum atomic E-state index is -0.276. The van der Waals surface area contributed by atoms with Gasteiger partial charge in [-0.1, -0.05) is 20.8 Å². The monoisotopic (exact) mass is 234 g/mol. The highest BCUT2D eigenvalue weighted by molar-refractivity contribution is 5.71. The minimum Gasteiger partial charge on any atom is -0.409 e. The van der Waals surface area contributed by atoms with Crippen molar-refractivity contribution in [3.05, 3.63) is 24.0 Å². The van der Waals surface area contributed by atoms with E-state index in [-0.39, 0.29) is 11.5 Å². The number of aromatic nitrogens is 1. The van der Waals surface area contributed by atoms with Crippen molar-refractivity contribution in [2.45, 2.75) is 32.6 Å². The molecule has 0 bridgehead atoms. The molecule has 0 radical (unpaired) electrons. The van der Waals surface area contributed by atoms with Crippen molar-refractivity contribution in [1.29, 1.82) is 0 Å². The number of nitrogens with zero attached hydrogens (tertiary/aromatic N) is 2. The Bertz CT molecular complexity index is 402. The Morgan fingerprint density at radius 3 is 2.47 bits per heavy atom. The Labute approximate surface area is 102 Å². The largest absolute Gasteiger partial charge is 0.415 e. The smallest absolute Gasteiger partial charge is 0.409 e. The summed E-state index contributed by atoms with van der Waals surface area (Å²) in [4.78, 5) is 17.5. The average Bonchev–Trinajstić information content (AvgIpc) is 2.13. The van der Waals surface area contributed by atoms with Crippen LogP contribution in [0.3, 0.4) is 0 Å². The molecule has 4 heteroatoms. The zero-order chi connectivity index (χ0) is 12.5. The molecule has 1 aliphatic rings. The van der Waals surface area contributed by atoms with Crippen molar-refractivity contribution in [1.82, 2.24) is 9.88 Å². The fraction of sp³-hybridized carbons (Fsp3) is 0.538. The van der Waals surface area contributed by atoms with Crippen molar-refractivity contribution in [3.63, 3.8) is 0 Å². The highest BCUT2D eigenvalue weighted by Crippen LogP contribution is 2.22. The van der Waals surface area contributed by atoms with Crippen LogP contribution in [0.25, 0.3) is 0 Å². The Hall–Kier alpha value is -1.58. The number of amides is 1. The van der Waals surface area contributed by atoms with Crippen LogP contribution in [-0.2, 0) is 5.41 Å².